The maximum absolute atomic E-state index is 12.2. The quantitative estimate of drug-likeness (QED) is 0.840. The second-order valence-corrected chi connectivity index (χ2v) is 6.20. The minimum atomic E-state index is -0.375. The van der Waals surface area contributed by atoms with Crippen LogP contribution in [0.3, 0.4) is 0 Å². The molecular weight excluding hydrogens is 376 g/mol. The Morgan fingerprint density at radius 3 is 2.88 bits per heavy atom. The number of ether oxygens (including phenoxy) is 1. The maximum Gasteiger partial charge on any atom is 0.414 e. The molecule has 24 heavy (non-hydrogen) atoms. The van der Waals surface area contributed by atoms with Crippen molar-refractivity contribution in [1.29, 1.82) is 0 Å². The van der Waals surface area contributed by atoms with Gasteiger partial charge in [0.1, 0.15) is 12.4 Å². The number of phenolic OH excluding ortho intramolecular Hbond substituents is 1. The summed E-state index contributed by atoms with van der Waals surface area (Å²) in [5, 5.41) is 12.5. The minimum absolute atomic E-state index is 0.0794. The minimum Gasteiger partial charge on any atom is -0.507 e. The van der Waals surface area contributed by atoms with Crippen molar-refractivity contribution >= 4 is 33.6 Å². The molecule has 1 aliphatic heterocycles. The van der Waals surface area contributed by atoms with E-state index in [-0.39, 0.29) is 29.9 Å². The Hall–Kier alpha value is -2.54. The van der Waals surface area contributed by atoms with Gasteiger partial charge in [-0.3, -0.25) is 9.69 Å². The van der Waals surface area contributed by atoms with Crippen molar-refractivity contribution in [3.8, 4) is 5.75 Å². The monoisotopic (exact) mass is 390 g/mol. The van der Waals surface area contributed by atoms with Crippen molar-refractivity contribution < 1.29 is 19.4 Å². The molecule has 0 aliphatic carbocycles. The van der Waals surface area contributed by atoms with Gasteiger partial charge >= 0.3 is 6.09 Å². The van der Waals surface area contributed by atoms with E-state index in [1.165, 1.54) is 6.07 Å². The predicted molar refractivity (Wildman–Crippen MR) is 92.1 cm³/mol. The van der Waals surface area contributed by atoms with Crippen LogP contribution >= 0.6 is 15.9 Å². The number of carbonyl (C=O) groups excluding carboxylic acids is 2. The van der Waals surface area contributed by atoms with Crippen molar-refractivity contribution in [3.63, 3.8) is 0 Å². The molecule has 0 spiro atoms. The fourth-order valence-corrected chi connectivity index (χ4v) is 2.79. The van der Waals surface area contributed by atoms with Gasteiger partial charge in [0.2, 0.25) is 0 Å². The fraction of sp³-hybridized carbons (Fsp3) is 0.176. The van der Waals surface area contributed by atoms with Crippen molar-refractivity contribution in [1.82, 2.24) is 5.32 Å². The number of amides is 2. The summed E-state index contributed by atoms with van der Waals surface area (Å²) in [4.78, 5) is 25.4. The van der Waals surface area contributed by atoms with E-state index in [4.69, 9.17) is 4.74 Å². The van der Waals surface area contributed by atoms with Gasteiger partial charge < -0.3 is 15.2 Å². The summed E-state index contributed by atoms with van der Waals surface area (Å²) in [6.07, 6.45) is -0.366. The van der Waals surface area contributed by atoms with Gasteiger partial charge in [-0.1, -0.05) is 28.1 Å². The Balaban J connectivity index is 1.69. The number of anilines is 1. The highest BCUT2D eigenvalue weighted by atomic mass is 79.9. The molecule has 3 rings (SSSR count). The number of rotatable bonds is 4. The van der Waals surface area contributed by atoms with Crippen molar-refractivity contribution in [2.24, 2.45) is 0 Å². The van der Waals surface area contributed by atoms with Crippen LogP contribution in [0.25, 0.3) is 0 Å². The average Bonchev–Trinajstić information content (AvgIpc) is 3.01. The van der Waals surface area contributed by atoms with E-state index in [0.29, 0.717) is 17.6 Å². The van der Waals surface area contributed by atoms with Crippen LogP contribution in [0.1, 0.15) is 15.9 Å². The molecule has 2 N–H and O–H groups in total. The van der Waals surface area contributed by atoms with Crippen LogP contribution < -0.4 is 10.2 Å². The third-order valence-corrected chi connectivity index (χ3v) is 4.13. The molecule has 6 nitrogen and oxygen atoms in total. The Morgan fingerprint density at radius 2 is 2.12 bits per heavy atom. The topological polar surface area (TPSA) is 78.9 Å². The van der Waals surface area contributed by atoms with Crippen molar-refractivity contribution in [2.45, 2.75) is 6.54 Å². The first-order valence-electron chi connectivity index (χ1n) is 7.34. The van der Waals surface area contributed by atoms with Crippen LogP contribution in [-0.4, -0.2) is 30.3 Å². The number of carbonyl (C=O) groups is 2. The first-order valence-corrected chi connectivity index (χ1v) is 8.14. The summed E-state index contributed by atoms with van der Waals surface area (Å²) < 4.78 is 5.63. The normalized spacial score (nSPS) is 13.7. The molecule has 1 aliphatic rings. The Morgan fingerprint density at radius 1 is 1.29 bits per heavy atom. The van der Waals surface area contributed by atoms with Gasteiger partial charge in [-0.2, -0.15) is 0 Å². The maximum atomic E-state index is 12.2. The summed E-state index contributed by atoms with van der Waals surface area (Å²) in [6, 6.07) is 12.0. The molecule has 0 aromatic heterocycles. The van der Waals surface area contributed by atoms with E-state index in [1.54, 1.807) is 17.0 Å². The number of phenols is 1. The number of benzene rings is 2. The zero-order valence-electron chi connectivity index (χ0n) is 12.7. The SMILES string of the molecule is O=C(NCc1cccc(N2CCOC2=O)c1)c1cc(Br)ccc1O. The average molecular weight is 391 g/mol. The predicted octanol–water partition coefficient (Wildman–Crippen LogP) is 3.04. The van der Waals surface area contributed by atoms with Gasteiger partial charge in [0, 0.05) is 16.7 Å². The van der Waals surface area contributed by atoms with Crippen LogP contribution in [0.4, 0.5) is 10.5 Å². The molecule has 2 aromatic carbocycles. The number of nitrogens with zero attached hydrogens (tertiary/aromatic N) is 1. The highest BCUT2D eigenvalue weighted by Gasteiger charge is 2.23. The van der Waals surface area contributed by atoms with E-state index in [1.807, 2.05) is 24.3 Å². The Bertz CT molecular complexity index is 794. The molecule has 0 radical (unpaired) electrons. The molecule has 0 bridgehead atoms. The lowest BCUT2D eigenvalue weighted by Crippen LogP contribution is -2.25. The first-order chi connectivity index (χ1) is 11.5. The van der Waals surface area contributed by atoms with Gasteiger partial charge in [0.15, 0.2) is 0 Å². The molecule has 0 unspecified atom stereocenters. The molecule has 124 valence electrons. The van der Waals surface area contributed by atoms with Crippen LogP contribution in [0.15, 0.2) is 46.9 Å². The van der Waals surface area contributed by atoms with E-state index in [0.717, 1.165) is 11.3 Å². The zero-order chi connectivity index (χ0) is 17.1. The molecule has 2 aromatic rings. The van der Waals surface area contributed by atoms with Crippen LogP contribution in [0, 0.1) is 0 Å². The largest absolute Gasteiger partial charge is 0.507 e. The molecule has 1 fully saturated rings. The highest BCUT2D eigenvalue weighted by Crippen LogP contribution is 2.22. The second kappa shape index (κ2) is 6.92. The summed E-state index contributed by atoms with van der Waals surface area (Å²) in [5.74, 6) is -0.455. The number of hydrogen-bond acceptors (Lipinski definition) is 4. The van der Waals surface area contributed by atoms with Crippen molar-refractivity contribution in [2.75, 3.05) is 18.1 Å². The third kappa shape index (κ3) is 3.51. The first kappa shape index (κ1) is 16.3. The summed E-state index contributed by atoms with van der Waals surface area (Å²) in [6.45, 7) is 1.17. The van der Waals surface area contributed by atoms with Gasteiger partial charge in [-0.15, -0.1) is 0 Å². The molecular formula is C17H15BrN2O4. The lowest BCUT2D eigenvalue weighted by Gasteiger charge is -2.14. The van der Waals surface area contributed by atoms with Gasteiger partial charge in [0.05, 0.1) is 12.1 Å². The molecule has 2 amide bonds. The number of nitrogens with one attached hydrogen (secondary N) is 1. The van der Waals surface area contributed by atoms with E-state index in [2.05, 4.69) is 21.2 Å². The zero-order valence-corrected chi connectivity index (χ0v) is 14.2. The van der Waals surface area contributed by atoms with E-state index < -0.39 is 0 Å². The standard InChI is InChI=1S/C17H15BrN2O4/c18-12-4-5-15(21)14(9-12)16(22)19-10-11-2-1-3-13(8-11)20-6-7-24-17(20)23/h1-5,8-9,21H,6-7,10H2,(H,19,22). The molecule has 0 atom stereocenters. The summed E-state index contributed by atoms with van der Waals surface area (Å²) >= 11 is 3.27. The van der Waals surface area contributed by atoms with Crippen LogP contribution in [0.2, 0.25) is 0 Å². The van der Waals surface area contributed by atoms with Gasteiger partial charge in [-0.25, -0.2) is 4.79 Å². The lowest BCUT2D eigenvalue weighted by atomic mass is 10.1. The van der Waals surface area contributed by atoms with E-state index in [9.17, 15) is 14.7 Å². The van der Waals surface area contributed by atoms with Crippen molar-refractivity contribution in [3.05, 3.63) is 58.1 Å². The Kier molecular flexibility index (Phi) is 4.71. The van der Waals surface area contributed by atoms with E-state index >= 15 is 0 Å². The number of hydrogen-bond donors (Lipinski definition) is 2. The molecule has 1 saturated heterocycles. The number of cyclic esters (lactones) is 1. The van der Waals surface area contributed by atoms with Crippen LogP contribution in [-0.2, 0) is 11.3 Å². The van der Waals surface area contributed by atoms with Gasteiger partial charge in [-0.05, 0) is 35.9 Å². The molecule has 0 saturated carbocycles. The number of aromatic hydroxyl groups is 1. The summed E-state index contributed by atoms with van der Waals surface area (Å²) in [7, 11) is 0. The highest BCUT2D eigenvalue weighted by molar-refractivity contribution is 9.10. The van der Waals surface area contributed by atoms with Gasteiger partial charge in [0.25, 0.3) is 5.91 Å². The Labute approximate surface area is 147 Å². The van der Waals surface area contributed by atoms with Crippen LogP contribution in [0.5, 0.6) is 5.75 Å². The number of halogens is 1. The second-order valence-electron chi connectivity index (χ2n) is 5.28. The summed E-state index contributed by atoms with van der Waals surface area (Å²) in [5.41, 5.74) is 1.77. The molecule has 1 heterocycles. The lowest BCUT2D eigenvalue weighted by molar-refractivity contribution is 0.0948. The third-order valence-electron chi connectivity index (χ3n) is 3.64. The smallest absolute Gasteiger partial charge is 0.414 e. The molecule has 7 heteroatoms. The fourth-order valence-electron chi connectivity index (χ4n) is 2.43.